The lowest BCUT2D eigenvalue weighted by Crippen LogP contribution is -2.26. The van der Waals surface area contributed by atoms with E-state index < -0.39 is 39.3 Å². The first-order chi connectivity index (χ1) is 17.6. The average molecular weight is 562 g/mol. The average Bonchev–Trinajstić information content (AvgIpc) is 3.26. The minimum atomic E-state index is -4.84. The molecule has 0 atom stereocenters. The molecule has 1 aliphatic heterocycles. The van der Waals surface area contributed by atoms with Crippen molar-refractivity contribution in [3.8, 4) is 5.75 Å². The van der Waals surface area contributed by atoms with Crippen LogP contribution in [0, 0.1) is 0 Å². The van der Waals surface area contributed by atoms with E-state index in [2.05, 4.69) is 15.3 Å². The Morgan fingerprint density at radius 2 is 1.76 bits per heavy atom. The molecule has 0 amide bonds. The highest BCUT2D eigenvalue weighted by atomic mass is 32.2. The number of hydrogen-bond acceptors (Lipinski definition) is 7. The van der Waals surface area contributed by atoms with Gasteiger partial charge in [-0.1, -0.05) is 12.1 Å². The number of alkyl halides is 6. The summed E-state index contributed by atoms with van der Waals surface area (Å²) < 4.78 is 112. The molecule has 0 spiro atoms. The molecule has 0 bridgehead atoms. The van der Waals surface area contributed by atoms with Crippen LogP contribution in [0.3, 0.4) is 0 Å². The van der Waals surface area contributed by atoms with Crippen molar-refractivity contribution in [2.75, 3.05) is 34.9 Å². The molecule has 1 aromatic heterocycles. The van der Waals surface area contributed by atoms with Gasteiger partial charge >= 0.3 is 12.4 Å². The first-order valence-electron chi connectivity index (χ1n) is 10.8. The molecule has 0 aliphatic carbocycles. The maximum Gasteiger partial charge on any atom is 0.421 e. The second-order valence-corrected chi connectivity index (χ2v) is 10.5. The minimum Gasteiger partial charge on any atom is -0.497 e. The number of halogens is 6. The van der Waals surface area contributed by atoms with Crippen LogP contribution in [0.15, 0.2) is 42.6 Å². The van der Waals surface area contributed by atoms with Crippen LogP contribution in [-0.2, 0) is 35.5 Å². The summed E-state index contributed by atoms with van der Waals surface area (Å²) in [5, 5.41) is 2.52. The van der Waals surface area contributed by atoms with E-state index >= 15 is 0 Å². The van der Waals surface area contributed by atoms with Crippen molar-refractivity contribution in [2.45, 2.75) is 25.4 Å². The molecule has 0 radical (unpaired) electrons. The van der Waals surface area contributed by atoms with Gasteiger partial charge < -0.3 is 15.0 Å². The molecule has 1 N–H and O–H groups in total. The molecule has 2 aromatic carbocycles. The van der Waals surface area contributed by atoms with Gasteiger partial charge in [-0.15, -0.1) is 0 Å². The van der Waals surface area contributed by atoms with Gasteiger partial charge in [0.15, 0.2) is 0 Å². The zero-order valence-electron chi connectivity index (χ0n) is 20.1. The molecular formula is C23H21F6N5O3S. The molecule has 1 aliphatic rings. The highest BCUT2D eigenvalue weighted by Gasteiger charge is 2.39. The third-order valence-corrected chi connectivity index (χ3v) is 7.09. The smallest absolute Gasteiger partial charge is 0.421 e. The van der Waals surface area contributed by atoms with Crippen LogP contribution in [0.4, 0.5) is 49.5 Å². The van der Waals surface area contributed by atoms with E-state index in [0.29, 0.717) is 23.0 Å². The van der Waals surface area contributed by atoms with Gasteiger partial charge in [0, 0.05) is 43.7 Å². The maximum atomic E-state index is 13.9. The fourth-order valence-electron chi connectivity index (χ4n) is 3.98. The van der Waals surface area contributed by atoms with Crippen molar-refractivity contribution in [1.29, 1.82) is 0 Å². The number of anilines is 4. The van der Waals surface area contributed by atoms with Gasteiger partial charge in [0.2, 0.25) is 16.0 Å². The van der Waals surface area contributed by atoms with Crippen LogP contribution in [-0.4, -0.2) is 38.8 Å². The van der Waals surface area contributed by atoms with Gasteiger partial charge in [-0.05, 0) is 23.8 Å². The van der Waals surface area contributed by atoms with Gasteiger partial charge in [-0.3, -0.25) is 4.31 Å². The molecule has 4 rings (SSSR count). The quantitative estimate of drug-likeness (QED) is 0.415. The number of fused-ring (bicyclic) bond motifs is 1. The molecule has 2 heterocycles. The highest BCUT2D eigenvalue weighted by Crippen LogP contribution is 2.41. The van der Waals surface area contributed by atoms with Crippen molar-refractivity contribution in [3.05, 3.63) is 64.8 Å². The molecule has 3 aromatic rings. The number of rotatable bonds is 6. The number of ether oxygens (including phenoxy) is 1. The monoisotopic (exact) mass is 561 g/mol. The van der Waals surface area contributed by atoms with Gasteiger partial charge in [0.05, 0.1) is 24.6 Å². The molecule has 0 saturated carbocycles. The zero-order valence-corrected chi connectivity index (χ0v) is 21.0. The fourth-order valence-corrected chi connectivity index (χ4v) is 4.51. The number of hydrogen-bond donors (Lipinski definition) is 1. The lowest BCUT2D eigenvalue weighted by molar-refractivity contribution is -0.138. The van der Waals surface area contributed by atoms with E-state index in [1.807, 2.05) is 0 Å². The molecule has 15 heteroatoms. The van der Waals surface area contributed by atoms with Crippen LogP contribution in [0.2, 0.25) is 0 Å². The SMILES string of the molecule is COc1cc(Nc2ncc(C(F)(F)F)c(N3Cc4cccc(N(C)S(C)(=O)=O)c4C3)n2)cc(C(F)(F)F)c1. The number of aromatic nitrogens is 2. The molecule has 0 unspecified atom stereocenters. The predicted octanol–water partition coefficient (Wildman–Crippen LogP) is 5.18. The summed E-state index contributed by atoms with van der Waals surface area (Å²) >= 11 is 0. The molecule has 8 nitrogen and oxygen atoms in total. The second kappa shape index (κ2) is 9.53. The van der Waals surface area contributed by atoms with Crippen LogP contribution in [0.5, 0.6) is 5.75 Å². The van der Waals surface area contributed by atoms with Crippen molar-refractivity contribution in [1.82, 2.24) is 9.97 Å². The standard InChI is InChI=1S/C23H21F6N5O3S/c1-33(38(3,35)36)19-6-4-5-13-11-34(12-17(13)19)20-18(23(27,28)29)10-30-21(32-20)31-15-7-14(22(24,25)26)8-16(9-15)37-2/h4-10H,11-12H2,1-3H3,(H,30,31,32). The third-order valence-electron chi connectivity index (χ3n) is 5.89. The van der Waals surface area contributed by atoms with E-state index in [-0.39, 0.29) is 30.5 Å². The lowest BCUT2D eigenvalue weighted by atomic mass is 10.1. The summed E-state index contributed by atoms with van der Waals surface area (Å²) in [7, 11) is -1.13. The Hall–Kier alpha value is -3.75. The molecule has 204 valence electrons. The number of benzene rings is 2. The number of methoxy groups -OCH3 is 1. The summed E-state index contributed by atoms with van der Waals surface area (Å²) in [4.78, 5) is 8.97. The Balaban J connectivity index is 1.73. The molecule has 0 saturated heterocycles. The fraction of sp³-hybridized carbons (Fsp3) is 0.304. The van der Waals surface area contributed by atoms with E-state index in [1.165, 1.54) is 25.1 Å². The first-order valence-corrected chi connectivity index (χ1v) is 12.7. The third kappa shape index (κ3) is 5.56. The summed E-state index contributed by atoms with van der Waals surface area (Å²) in [6.07, 6.45) is -7.99. The highest BCUT2D eigenvalue weighted by molar-refractivity contribution is 7.92. The minimum absolute atomic E-state index is 0.0162. The van der Waals surface area contributed by atoms with Gasteiger partial charge in [-0.2, -0.15) is 31.3 Å². The van der Waals surface area contributed by atoms with E-state index in [9.17, 15) is 34.8 Å². The number of nitrogens with one attached hydrogen (secondary N) is 1. The van der Waals surface area contributed by atoms with Crippen molar-refractivity contribution in [3.63, 3.8) is 0 Å². The van der Waals surface area contributed by atoms with Gasteiger partial charge in [0.1, 0.15) is 17.1 Å². The van der Waals surface area contributed by atoms with Crippen LogP contribution < -0.4 is 19.3 Å². The summed E-state index contributed by atoms with van der Waals surface area (Å²) in [6, 6.07) is 7.55. The summed E-state index contributed by atoms with van der Waals surface area (Å²) in [6.45, 7) is -0.111. The van der Waals surface area contributed by atoms with Crippen LogP contribution in [0.1, 0.15) is 22.3 Å². The van der Waals surface area contributed by atoms with Crippen LogP contribution in [0.25, 0.3) is 0 Å². The Labute approximate surface area is 213 Å². The van der Waals surface area contributed by atoms with Crippen molar-refractivity contribution >= 4 is 33.2 Å². The predicted molar refractivity (Wildman–Crippen MR) is 128 cm³/mol. The van der Waals surface area contributed by atoms with E-state index in [0.717, 1.165) is 22.7 Å². The molecular weight excluding hydrogens is 540 g/mol. The van der Waals surface area contributed by atoms with E-state index in [1.54, 1.807) is 18.2 Å². The van der Waals surface area contributed by atoms with Gasteiger partial charge in [0.25, 0.3) is 0 Å². The van der Waals surface area contributed by atoms with Crippen molar-refractivity contribution < 1.29 is 39.5 Å². The molecule has 38 heavy (non-hydrogen) atoms. The summed E-state index contributed by atoms with van der Waals surface area (Å²) in [5.41, 5.74) is -0.931. The normalized spacial score (nSPS) is 13.9. The number of sulfonamides is 1. The van der Waals surface area contributed by atoms with E-state index in [4.69, 9.17) is 4.74 Å². The first kappa shape index (κ1) is 27.3. The maximum absolute atomic E-state index is 13.9. The Bertz CT molecular complexity index is 1480. The zero-order chi connectivity index (χ0) is 28.0. The van der Waals surface area contributed by atoms with Crippen molar-refractivity contribution in [2.24, 2.45) is 0 Å². The lowest BCUT2D eigenvalue weighted by Gasteiger charge is -2.23. The topological polar surface area (TPSA) is 87.7 Å². The Kier molecular flexibility index (Phi) is 6.84. The van der Waals surface area contributed by atoms with Gasteiger partial charge in [-0.25, -0.2) is 13.4 Å². The number of nitrogens with zero attached hydrogens (tertiary/aromatic N) is 4. The Morgan fingerprint density at radius 3 is 2.37 bits per heavy atom. The second-order valence-electron chi connectivity index (χ2n) is 8.50. The van der Waals surface area contributed by atoms with Crippen LogP contribution >= 0.6 is 0 Å². The molecule has 0 fully saturated rings. The summed E-state index contributed by atoms with van der Waals surface area (Å²) in [5.74, 6) is -1.02. The largest absolute Gasteiger partial charge is 0.497 e. The Morgan fingerprint density at radius 1 is 1.05 bits per heavy atom.